The van der Waals surface area contributed by atoms with E-state index in [4.69, 9.17) is 14.4 Å². The normalized spacial score (nSPS) is 14.8. The van der Waals surface area contributed by atoms with Gasteiger partial charge in [-0.3, -0.25) is 0 Å². The second-order valence-corrected chi connectivity index (χ2v) is 13.5. The van der Waals surface area contributed by atoms with Gasteiger partial charge < -0.3 is 4.42 Å². The lowest BCUT2D eigenvalue weighted by Crippen LogP contribution is -2.22. The fourth-order valence-electron chi connectivity index (χ4n) is 7.99. The molecule has 10 rings (SSSR count). The molecule has 7 aromatic carbocycles. The molecule has 1 aliphatic carbocycles. The molecule has 2 aromatic heterocycles. The molecule has 3 heteroatoms. The number of rotatable bonds is 5. The van der Waals surface area contributed by atoms with Crippen LogP contribution in [0.5, 0.6) is 0 Å². The van der Waals surface area contributed by atoms with Gasteiger partial charge in [-0.05, 0) is 58.5 Å². The first-order chi connectivity index (χ1) is 25.1. The van der Waals surface area contributed by atoms with Crippen molar-refractivity contribution in [2.75, 3.05) is 0 Å². The van der Waals surface area contributed by atoms with Gasteiger partial charge in [0.2, 0.25) is 0 Å². The Hall–Kier alpha value is -6.58. The van der Waals surface area contributed by atoms with Gasteiger partial charge >= 0.3 is 0 Å². The minimum atomic E-state index is -0.292. The van der Waals surface area contributed by atoms with Crippen LogP contribution in [0.1, 0.15) is 23.6 Å². The highest BCUT2D eigenvalue weighted by Gasteiger charge is 2.40. The van der Waals surface area contributed by atoms with Gasteiger partial charge in [-0.1, -0.05) is 158 Å². The summed E-state index contributed by atoms with van der Waals surface area (Å²) < 4.78 is 6.36. The van der Waals surface area contributed by atoms with Crippen molar-refractivity contribution in [2.24, 2.45) is 0 Å². The number of hydrogen-bond donors (Lipinski definition) is 0. The molecule has 0 bridgehead atoms. The van der Waals surface area contributed by atoms with Crippen molar-refractivity contribution in [3.8, 4) is 56.2 Å². The van der Waals surface area contributed by atoms with Gasteiger partial charge in [0.25, 0.3) is 0 Å². The quantitative estimate of drug-likeness (QED) is 0.186. The Kier molecular flexibility index (Phi) is 6.62. The van der Waals surface area contributed by atoms with Crippen LogP contribution in [0.15, 0.2) is 180 Å². The summed E-state index contributed by atoms with van der Waals surface area (Å²) in [7, 11) is 0. The molecule has 0 saturated heterocycles. The average Bonchev–Trinajstić information content (AvgIpc) is 3.72. The summed E-state index contributed by atoms with van der Waals surface area (Å²) in [6.45, 7) is 2.35. The Morgan fingerprint density at radius 3 is 1.86 bits per heavy atom. The molecule has 1 atom stereocenters. The molecule has 0 N–H and O–H groups in total. The molecular weight excluding hydrogens is 621 g/mol. The van der Waals surface area contributed by atoms with E-state index in [2.05, 4.69) is 153 Å². The standard InChI is InChI=1S/C48H32N2O/c1-48(35-15-6-3-7-16-35)41-21-10-8-17-37(41)38-28-27-34(29-42(38)48)44-30-43(49-47(50-44)33-13-4-2-5-14-33)32-25-23-31(24-26-32)36-19-12-20-40-39-18-9-11-22-45(39)51-46(36)40/h2-30H,1H3. The van der Waals surface area contributed by atoms with E-state index in [9.17, 15) is 0 Å². The summed E-state index contributed by atoms with van der Waals surface area (Å²) in [5.41, 5.74) is 15.0. The lowest BCUT2D eigenvalue weighted by molar-refractivity contribution is 0.670. The van der Waals surface area contributed by atoms with Gasteiger partial charge in [0, 0.05) is 38.4 Å². The number of para-hydroxylation sites is 2. The molecule has 1 unspecified atom stereocenters. The van der Waals surface area contributed by atoms with Gasteiger partial charge in [0.1, 0.15) is 11.2 Å². The minimum Gasteiger partial charge on any atom is -0.455 e. The van der Waals surface area contributed by atoms with Crippen molar-refractivity contribution in [1.29, 1.82) is 0 Å². The van der Waals surface area contributed by atoms with Crippen molar-refractivity contribution in [1.82, 2.24) is 9.97 Å². The summed E-state index contributed by atoms with van der Waals surface area (Å²) in [4.78, 5) is 10.3. The fraction of sp³-hybridized carbons (Fsp3) is 0.0417. The average molecular weight is 653 g/mol. The predicted octanol–water partition coefficient (Wildman–Crippen LogP) is 12.4. The van der Waals surface area contributed by atoms with Crippen LogP contribution < -0.4 is 0 Å². The lowest BCUT2D eigenvalue weighted by atomic mass is 9.74. The van der Waals surface area contributed by atoms with Gasteiger partial charge in [-0.2, -0.15) is 0 Å². The van der Waals surface area contributed by atoms with Crippen molar-refractivity contribution in [3.05, 3.63) is 193 Å². The molecule has 0 spiro atoms. The van der Waals surface area contributed by atoms with E-state index in [0.717, 1.165) is 61.1 Å². The third-order valence-corrected chi connectivity index (χ3v) is 10.6. The second kappa shape index (κ2) is 11.5. The molecule has 0 radical (unpaired) electrons. The van der Waals surface area contributed by atoms with Crippen LogP contribution in [0.2, 0.25) is 0 Å². The molecule has 3 nitrogen and oxygen atoms in total. The summed E-state index contributed by atoms with van der Waals surface area (Å²) in [5.74, 6) is 0.703. The van der Waals surface area contributed by atoms with Crippen LogP contribution in [0, 0.1) is 0 Å². The Morgan fingerprint density at radius 1 is 0.431 bits per heavy atom. The summed E-state index contributed by atoms with van der Waals surface area (Å²) in [5, 5.41) is 2.26. The Bertz CT molecular complexity index is 2750. The number of fused-ring (bicyclic) bond motifs is 6. The van der Waals surface area contributed by atoms with E-state index in [0.29, 0.717) is 5.82 Å². The number of nitrogens with zero attached hydrogens (tertiary/aromatic N) is 2. The Labute approximate surface area is 296 Å². The van der Waals surface area contributed by atoms with Crippen molar-refractivity contribution >= 4 is 21.9 Å². The highest BCUT2D eigenvalue weighted by Crippen LogP contribution is 2.53. The third kappa shape index (κ3) is 4.66. The van der Waals surface area contributed by atoms with Crippen LogP contribution in [0.3, 0.4) is 0 Å². The first-order valence-corrected chi connectivity index (χ1v) is 17.4. The van der Waals surface area contributed by atoms with Crippen LogP contribution in [0.4, 0.5) is 0 Å². The maximum absolute atomic E-state index is 6.36. The van der Waals surface area contributed by atoms with Gasteiger partial charge in [0.05, 0.1) is 11.4 Å². The van der Waals surface area contributed by atoms with Gasteiger partial charge in [0.15, 0.2) is 5.82 Å². The molecule has 2 heterocycles. The molecule has 240 valence electrons. The largest absolute Gasteiger partial charge is 0.455 e. The maximum atomic E-state index is 6.36. The highest BCUT2D eigenvalue weighted by molar-refractivity contribution is 6.09. The molecule has 1 aliphatic rings. The summed E-state index contributed by atoms with van der Waals surface area (Å²) in [6.07, 6.45) is 0. The zero-order chi connectivity index (χ0) is 33.9. The summed E-state index contributed by atoms with van der Waals surface area (Å²) in [6, 6.07) is 62.1. The van der Waals surface area contributed by atoms with E-state index in [1.165, 1.54) is 27.8 Å². The third-order valence-electron chi connectivity index (χ3n) is 10.6. The monoisotopic (exact) mass is 652 g/mol. The molecule has 0 saturated carbocycles. The van der Waals surface area contributed by atoms with Crippen molar-refractivity contribution < 1.29 is 4.42 Å². The van der Waals surface area contributed by atoms with E-state index < -0.39 is 0 Å². The van der Waals surface area contributed by atoms with E-state index in [-0.39, 0.29) is 5.41 Å². The first kappa shape index (κ1) is 29.3. The van der Waals surface area contributed by atoms with E-state index >= 15 is 0 Å². The number of aromatic nitrogens is 2. The van der Waals surface area contributed by atoms with Gasteiger partial charge in [-0.15, -0.1) is 0 Å². The molecule has 0 aliphatic heterocycles. The first-order valence-electron chi connectivity index (χ1n) is 17.4. The van der Waals surface area contributed by atoms with E-state index in [1.807, 2.05) is 30.3 Å². The number of benzene rings is 7. The molecule has 51 heavy (non-hydrogen) atoms. The zero-order valence-electron chi connectivity index (χ0n) is 28.0. The lowest BCUT2D eigenvalue weighted by Gasteiger charge is -2.28. The van der Waals surface area contributed by atoms with Crippen molar-refractivity contribution in [2.45, 2.75) is 12.3 Å². The van der Waals surface area contributed by atoms with Crippen molar-refractivity contribution in [3.63, 3.8) is 0 Å². The Balaban J connectivity index is 1.10. The number of hydrogen-bond acceptors (Lipinski definition) is 3. The highest BCUT2D eigenvalue weighted by atomic mass is 16.3. The zero-order valence-corrected chi connectivity index (χ0v) is 28.0. The molecule has 0 fully saturated rings. The predicted molar refractivity (Wildman–Crippen MR) is 208 cm³/mol. The Morgan fingerprint density at radius 2 is 1.04 bits per heavy atom. The van der Waals surface area contributed by atoms with Gasteiger partial charge in [-0.25, -0.2) is 9.97 Å². The summed E-state index contributed by atoms with van der Waals surface area (Å²) >= 11 is 0. The van der Waals surface area contributed by atoms with Crippen LogP contribution in [-0.4, -0.2) is 9.97 Å². The molecule has 0 amide bonds. The van der Waals surface area contributed by atoms with E-state index in [1.54, 1.807) is 0 Å². The number of furan rings is 1. The minimum absolute atomic E-state index is 0.292. The topological polar surface area (TPSA) is 38.9 Å². The van der Waals surface area contributed by atoms with Crippen LogP contribution in [-0.2, 0) is 5.41 Å². The smallest absolute Gasteiger partial charge is 0.160 e. The fourth-order valence-corrected chi connectivity index (χ4v) is 7.99. The van der Waals surface area contributed by atoms with Crippen LogP contribution in [0.25, 0.3) is 78.1 Å². The second-order valence-electron chi connectivity index (χ2n) is 13.5. The SMILES string of the molecule is CC1(c2ccccc2)c2ccccc2-c2ccc(-c3cc(-c4ccc(-c5cccc6c5oc5ccccc56)cc4)nc(-c4ccccc4)n3)cc21. The molecule has 9 aromatic rings. The van der Waals surface area contributed by atoms with Crippen LogP contribution >= 0.6 is 0 Å². The maximum Gasteiger partial charge on any atom is 0.160 e. The molecular formula is C48H32N2O.